The number of H-pyrrole nitrogens is 1. The van der Waals surface area contributed by atoms with E-state index in [1.165, 1.54) is 23.6 Å². The Hall–Kier alpha value is -4.95. The Balaban J connectivity index is 1.84. The van der Waals surface area contributed by atoms with Gasteiger partial charge in [0.25, 0.3) is 11.5 Å². The summed E-state index contributed by atoms with van der Waals surface area (Å²) in [5.41, 5.74) is 4.45. The lowest BCUT2D eigenvalue weighted by molar-refractivity contribution is -0.140. The number of amides is 1. The van der Waals surface area contributed by atoms with Crippen molar-refractivity contribution >= 4 is 40.6 Å². The number of nitrogens with two attached hydrogens (primary N) is 1. The summed E-state index contributed by atoms with van der Waals surface area (Å²) in [4.78, 5) is 73.1. The van der Waals surface area contributed by atoms with Crippen LogP contribution in [0.4, 0.5) is 11.6 Å². The number of hydrogen-bond acceptors (Lipinski definition) is 10. The zero-order valence-electron chi connectivity index (χ0n) is 21.8. The third-order valence-electron chi connectivity index (χ3n) is 4.07. The Morgan fingerprint density at radius 3 is 2.59 bits per heavy atom. The molecule has 1 aromatic carbocycles. The highest BCUT2D eigenvalue weighted by Crippen LogP contribution is 2.18. The molecule has 3 rings (SSSR count). The highest BCUT2D eigenvalue weighted by atomic mass is 16.4. The predicted octanol–water partition coefficient (Wildman–Crippen LogP) is 0.0311. The minimum atomic E-state index is -3.94. The van der Waals surface area contributed by atoms with E-state index in [4.69, 9.17) is 17.7 Å². The molecule has 0 fully saturated rings. The van der Waals surface area contributed by atoms with Crippen molar-refractivity contribution in [2.45, 2.75) is 25.3 Å². The van der Waals surface area contributed by atoms with Gasteiger partial charge in [0.2, 0.25) is 5.95 Å². The van der Waals surface area contributed by atoms with Gasteiger partial charge in [-0.3, -0.25) is 19.4 Å². The molecule has 0 aliphatic carbocycles. The van der Waals surface area contributed by atoms with Crippen LogP contribution in [0.1, 0.15) is 35.7 Å². The molecular weight excluding hydrogens is 452 g/mol. The molecule has 3 aromatic rings. The number of nitroso groups, excluding NO2 is 1. The number of carbonyl (C=O) groups excluding carboxylic acids is 1. The second-order valence-electron chi connectivity index (χ2n) is 6.36. The highest BCUT2D eigenvalue weighted by Gasteiger charge is 2.22. The number of aliphatic carboxylic acids is 2. The van der Waals surface area contributed by atoms with Crippen LogP contribution >= 0.6 is 0 Å². The molecule has 0 unspecified atom stereocenters. The van der Waals surface area contributed by atoms with Crippen LogP contribution in [0.15, 0.2) is 40.5 Å². The van der Waals surface area contributed by atoms with Gasteiger partial charge in [0, 0.05) is 17.4 Å². The second-order valence-corrected chi connectivity index (χ2v) is 6.36. The third-order valence-corrected chi connectivity index (χ3v) is 4.07. The average Bonchev–Trinajstić information content (AvgIpc) is 2.87. The van der Waals surface area contributed by atoms with E-state index in [0.29, 0.717) is 0 Å². The molecule has 15 heteroatoms. The summed E-state index contributed by atoms with van der Waals surface area (Å²) in [6.07, 6.45) is -6.59. The van der Waals surface area contributed by atoms with Crippen LogP contribution in [0.25, 0.3) is 11.2 Å². The zero-order chi connectivity index (χ0) is 29.3. The SMILES string of the molecule is [2H]C([2H])(C(=O)O)C([2H])([2H])[C@@]([2H])(NC(=O)c1ccc(N(Cc2cnc3nc(N)[nH]c(=O)c3n2)N=O)cc1)C(=O)O. The van der Waals surface area contributed by atoms with Crippen LogP contribution in [0.5, 0.6) is 0 Å². The summed E-state index contributed by atoms with van der Waals surface area (Å²) in [6.45, 7) is -0.291. The summed E-state index contributed by atoms with van der Waals surface area (Å²) < 4.78 is 38.2. The smallest absolute Gasteiger partial charge is 0.326 e. The maximum Gasteiger partial charge on any atom is 0.326 e. The number of hydrogen-bond donors (Lipinski definition) is 5. The zero-order valence-corrected chi connectivity index (χ0v) is 16.8. The van der Waals surface area contributed by atoms with E-state index in [0.717, 1.165) is 17.1 Å². The van der Waals surface area contributed by atoms with Crippen LogP contribution in [-0.2, 0) is 16.1 Å². The number of rotatable bonds is 10. The molecule has 0 spiro atoms. The average molecular weight is 475 g/mol. The fraction of sp³-hybridized carbons (Fsp3) is 0.211. The largest absolute Gasteiger partial charge is 0.481 e. The molecule has 34 heavy (non-hydrogen) atoms. The van der Waals surface area contributed by atoms with Crippen molar-refractivity contribution in [3.63, 3.8) is 0 Å². The topological polar surface area (TPSA) is 234 Å². The summed E-state index contributed by atoms with van der Waals surface area (Å²) in [5, 5.41) is 23.6. The number of carbonyl (C=O) groups is 3. The van der Waals surface area contributed by atoms with Crippen molar-refractivity contribution in [2.75, 3.05) is 10.7 Å². The van der Waals surface area contributed by atoms with E-state index in [9.17, 15) is 29.2 Å². The molecule has 1 amide bonds. The fourth-order valence-corrected chi connectivity index (χ4v) is 2.59. The van der Waals surface area contributed by atoms with Crippen molar-refractivity contribution in [1.29, 1.82) is 0 Å². The Kier molecular flexibility index (Phi) is 5.23. The minimum absolute atomic E-state index is 0.0337. The number of aromatic amines is 1. The lowest BCUT2D eigenvalue weighted by atomic mass is 10.1. The summed E-state index contributed by atoms with van der Waals surface area (Å²) in [6, 6.07) is 0.702. The number of carboxylic acids is 2. The summed E-state index contributed by atoms with van der Waals surface area (Å²) in [7, 11) is 0. The molecule has 176 valence electrons. The fourth-order valence-electron chi connectivity index (χ4n) is 2.59. The van der Waals surface area contributed by atoms with E-state index in [2.05, 4.69) is 25.2 Å². The normalized spacial score (nSPS) is 15.5. The van der Waals surface area contributed by atoms with Crippen molar-refractivity contribution in [3.8, 4) is 0 Å². The lowest BCUT2D eigenvalue weighted by Crippen LogP contribution is -2.41. The van der Waals surface area contributed by atoms with Gasteiger partial charge in [0.05, 0.1) is 30.8 Å². The molecule has 6 N–H and O–H groups in total. The summed E-state index contributed by atoms with van der Waals surface area (Å²) in [5.74, 6) is -6.27. The number of nitrogens with one attached hydrogen (secondary N) is 2. The first-order valence-corrected chi connectivity index (χ1v) is 9.06. The van der Waals surface area contributed by atoms with Crippen molar-refractivity contribution in [2.24, 2.45) is 5.29 Å². The number of aromatic nitrogens is 4. The molecule has 2 heterocycles. The molecule has 0 bridgehead atoms. The molecule has 0 aliphatic heterocycles. The Morgan fingerprint density at radius 1 is 1.26 bits per heavy atom. The Morgan fingerprint density at radius 2 is 1.97 bits per heavy atom. The third kappa shape index (κ3) is 5.64. The van der Waals surface area contributed by atoms with Gasteiger partial charge in [-0.2, -0.15) is 4.98 Å². The van der Waals surface area contributed by atoms with Gasteiger partial charge in [-0.25, -0.2) is 19.8 Å². The molecule has 15 nitrogen and oxygen atoms in total. The standard InChI is InChI=1S/C19H18N8O7/c20-19-24-15-14(17(31)25-19)22-10(7-21-15)8-27(26-34)11-3-1-9(2-4-11)16(30)23-12(18(32)33)5-6-13(28)29/h1-4,7,12H,5-6,8H2,(H,23,30)(H,28,29)(H,32,33)(H3,20,21,24,25,31)/t12-/m1/s1/i5D2,6D2,12D. The highest BCUT2D eigenvalue weighted by molar-refractivity contribution is 5.97. The second kappa shape index (κ2) is 10.1. The van der Waals surface area contributed by atoms with Crippen LogP contribution < -0.4 is 21.6 Å². The maximum absolute atomic E-state index is 12.6. The minimum Gasteiger partial charge on any atom is -0.481 e. The van der Waals surface area contributed by atoms with Crippen LogP contribution in [-0.4, -0.2) is 54.0 Å². The molecule has 0 saturated heterocycles. The first-order chi connectivity index (χ1) is 18.0. The number of benzene rings is 1. The van der Waals surface area contributed by atoms with E-state index in [-0.39, 0.29) is 40.6 Å². The quantitative estimate of drug-likeness (QED) is 0.193. The molecule has 0 radical (unpaired) electrons. The van der Waals surface area contributed by atoms with Gasteiger partial charge < -0.3 is 21.3 Å². The molecule has 2 aromatic heterocycles. The van der Waals surface area contributed by atoms with Crippen molar-refractivity contribution in [3.05, 3.63) is 57.0 Å². The van der Waals surface area contributed by atoms with E-state index in [1.807, 2.05) is 0 Å². The van der Waals surface area contributed by atoms with Gasteiger partial charge in [-0.1, -0.05) is 0 Å². The Labute approximate surface area is 196 Å². The molecule has 1 atom stereocenters. The first-order valence-electron chi connectivity index (χ1n) is 11.6. The lowest BCUT2D eigenvalue weighted by Gasteiger charge is -2.16. The van der Waals surface area contributed by atoms with E-state index in [1.54, 1.807) is 0 Å². The number of anilines is 2. The first kappa shape index (κ1) is 17.6. The molecule has 0 aliphatic rings. The van der Waals surface area contributed by atoms with Gasteiger partial charge in [-0.05, 0) is 30.6 Å². The van der Waals surface area contributed by atoms with Gasteiger partial charge in [0.1, 0.15) is 6.02 Å². The van der Waals surface area contributed by atoms with E-state index < -0.39 is 42.2 Å². The van der Waals surface area contributed by atoms with Crippen molar-refractivity contribution in [1.82, 2.24) is 25.3 Å². The van der Waals surface area contributed by atoms with Crippen LogP contribution in [0.2, 0.25) is 0 Å². The number of fused-ring (bicyclic) bond motifs is 1. The number of nitrogen functional groups attached to an aromatic ring is 1. The molecular formula is C19H18N8O7. The molecule has 0 saturated carbocycles. The maximum atomic E-state index is 12.6. The van der Waals surface area contributed by atoms with Crippen molar-refractivity contribution < 1.29 is 31.5 Å². The van der Waals surface area contributed by atoms with E-state index >= 15 is 0 Å². The number of carboxylic acid groups (broad SMARTS) is 2. The van der Waals surface area contributed by atoms with Crippen LogP contribution in [0.3, 0.4) is 0 Å². The summed E-state index contributed by atoms with van der Waals surface area (Å²) >= 11 is 0. The van der Waals surface area contributed by atoms with Gasteiger partial charge in [0.15, 0.2) is 11.2 Å². The van der Waals surface area contributed by atoms with Gasteiger partial charge >= 0.3 is 11.9 Å². The number of nitrogens with zero attached hydrogens (tertiary/aromatic N) is 5. The Bertz CT molecular complexity index is 1530. The monoisotopic (exact) mass is 475 g/mol. The van der Waals surface area contributed by atoms with Gasteiger partial charge in [-0.15, -0.1) is 4.91 Å². The van der Waals surface area contributed by atoms with Crippen LogP contribution in [0, 0.1) is 4.91 Å². The predicted molar refractivity (Wildman–Crippen MR) is 117 cm³/mol.